The maximum atomic E-state index is 5.38. The summed E-state index contributed by atoms with van der Waals surface area (Å²) < 4.78 is 5.38. The summed E-state index contributed by atoms with van der Waals surface area (Å²) in [6.45, 7) is 9.76. The Morgan fingerprint density at radius 3 is 2.77 bits per heavy atom. The molecule has 0 aliphatic carbocycles. The molecule has 2 nitrogen and oxygen atoms in total. The van der Waals surface area contributed by atoms with Gasteiger partial charge < -0.3 is 10.1 Å². The van der Waals surface area contributed by atoms with Crippen molar-refractivity contribution in [1.29, 1.82) is 0 Å². The van der Waals surface area contributed by atoms with Crippen LogP contribution in [0.5, 0.6) is 0 Å². The zero-order valence-electron chi connectivity index (χ0n) is 9.23. The predicted molar refractivity (Wildman–Crippen MR) is 55.9 cm³/mol. The highest BCUT2D eigenvalue weighted by atomic mass is 16.5. The maximum absolute atomic E-state index is 5.38. The van der Waals surface area contributed by atoms with E-state index in [1.165, 1.54) is 12.8 Å². The lowest BCUT2D eigenvalue weighted by Gasteiger charge is -2.23. The van der Waals surface area contributed by atoms with Gasteiger partial charge in [-0.2, -0.15) is 0 Å². The van der Waals surface area contributed by atoms with E-state index in [1.54, 1.807) is 0 Å². The normalized spacial score (nSPS) is 28.6. The minimum atomic E-state index is 0.261. The molecule has 1 saturated heterocycles. The highest BCUT2D eigenvalue weighted by Crippen LogP contribution is 2.17. The van der Waals surface area contributed by atoms with Gasteiger partial charge in [-0.05, 0) is 38.6 Å². The third-order valence-corrected chi connectivity index (χ3v) is 2.73. The van der Waals surface area contributed by atoms with E-state index in [0.29, 0.717) is 0 Å². The molecular formula is C11H23NO. The fraction of sp³-hybridized carbons (Fsp3) is 1.00. The third-order valence-electron chi connectivity index (χ3n) is 2.73. The number of hydrogen-bond donors (Lipinski definition) is 1. The summed E-state index contributed by atoms with van der Waals surface area (Å²) in [6, 6.07) is 0. The molecule has 0 aromatic carbocycles. The van der Waals surface area contributed by atoms with E-state index < -0.39 is 0 Å². The number of nitrogens with one attached hydrogen (secondary N) is 1. The largest absolute Gasteiger partial charge is 0.379 e. The van der Waals surface area contributed by atoms with Crippen LogP contribution in [0.3, 0.4) is 0 Å². The molecule has 0 radical (unpaired) electrons. The quantitative estimate of drug-likeness (QED) is 0.663. The standard InChI is InChI=1S/C11H23NO/c1-10(2)5-4-7-12-11(3)6-8-13-9-11/h10,12H,4-9H2,1-3H3. The van der Waals surface area contributed by atoms with E-state index in [-0.39, 0.29) is 5.54 Å². The fourth-order valence-electron chi connectivity index (χ4n) is 1.71. The van der Waals surface area contributed by atoms with Crippen LogP contribution in [0.15, 0.2) is 0 Å². The maximum Gasteiger partial charge on any atom is 0.0646 e. The van der Waals surface area contributed by atoms with Gasteiger partial charge in [0, 0.05) is 12.1 Å². The molecule has 1 fully saturated rings. The van der Waals surface area contributed by atoms with Crippen molar-refractivity contribution in [2.45, 2.75) is 45.6 Å². The Kier molecular flexibility index (Phi) is 4.20. The molecule has 0 amide bonds. The molecule has 0 spiro atoms. The van der Waals surface area contributed by atoms with Crippen LogP contribution in [0.4, 0.5) is 0 Å². The van der Waals surface area contributed by atoms with Crippen LogP contribution in [-0.2, 0) is 4.74 Å². The summed E-state index contributed by atoms with van der Waals surface area (Å²) in [5, 5.41) is 3.59. The second-order valence-corrected chi connectivity index (χ2v) is 4.83. The molecule has 13 heavy (non-hydrogen) atoms. The Labute approximate surface area is 82.0 Å². The molecule has 0 aromatic rings. The van der Waals surface area contributed by atoms with Gasteiger partial charge in [0.05, 0.1) is 6.61 Å². The Bertz CT molecular complexity index is 139. The van der Waals surface area contributed by atoms with Gasteiger partial charge in [0.1, 0.15) is 0 Å². The van der Waals surface area contributed by atoms with Gasteiger partial charge >= 0.3 is 0 Å². The SMILES string of the molecule is CC(C)CCCNC1(C)CCOC1. The average molecular weight is 185 g/mol. The van der Waals surface area contributed by atoms with Crippen LogP contribution in [0.2, 0.25) is 0 Å². The van der Waals surface area contributed by atoms with Gasteiger partial charge in [-0.15, -0.1) is 0 Å². The molecule has 1 rings (SSSR count). The van der Waals surface area contributed by atoms with Gasteiger partial charge in [-0.3, -0.25) is 0 Å². The van der Waals surface area contributed by atoms with Gasteiger partial charge in [0.2, 0.25) is 0 Å². The molecule has 0 aromatic heterocycles. The fourth-order valence-corrected chi connectivity index (χ4v) is 1.71. The predicted octanol–water partition coefficient (Wildman–Crippen LogP) is 2.19. The zero-order valence-corrected chi connectivity index (χ0v) is 9.23. The molecule has 2 heteroatoms. The van der Waals surface area contributed by atoms with Crippen molar-refractivity contribution in [2.24, 2.45) is 5.92 Å². The van der Waals surface area contributed by atoms with Crippen molar-refractivity contribution < 1.29 is 4.74 Å². The van der Waals surface area contributed by atoms with E-state index in [9.17, 15) is 0 Å². The first kappa shape index (κ1) is 11.0. The lowest BCUT2D eigenvalue weighted by molar-refractivity contribution is 0.171. The average Bonchev–Trinajstić information content (AvgIpc) is 2.47. The van der Waals surface area contributed by atoms with Gasteiger partial charge in [-0.25, -0.2) is 0 Å². The molecule has 1 aliphatic rings. The summed E-state index contributed by atoms with van der Waals surface area (Å²) in [7, 11) is 0. The van der Waals surface area contributed by atoms with Gasteiger partial charge in [0.15, 0.2) is 0 Å². The lowest BCUT2D eigenvalue weighted by Crippen LogP contribution is -2.43. The van der Waals surface area contributed by atoms with E-state index in [4.69, 9.17) is 4.74 Å². The number of hydrogen-bond acceptors (Lipinski definition) is 2. The van der Waals surface area contributed by atoms with Crippen molar-refractivity contribution in [3.8, 4) is 0 Å². The summed E-state index contributed by atoms with van der Waals surface area (Å²) >= 11 is 0. The monoisotopic (exact) mass is 185 g/mol. The topological polar surface area (TPSA) is 21.3 Å². The molecule has 1 aliphatic heterocycles. The second kappa shape index (κ2) is 4.97. The third kappa shape index (κ3) is 4.10. The molecule has 0 bridgehead atoms. The first-order valence-electron chi connectivity index (χ1n) is 5.45. The second-order valence-electron chi connectivity index (χ2n) is 4.83. The van der Waals surface area contributed by atoms with Crippen LogP contribution < -0.4 is 5.32 Å². The summed E-state index contributed by atoms with van der Waals surface area (Å²) in [4.78, 5) is 0. The number of rotatable bonds is 5. The van der Waals surface area contributed by atoms with Crippen LogP contribution >= 0.6 is 0 Å². The minimum absolute atomic E-state index is 0.261. The molecule has 1 heterocycles. The molecule has 1 atom stereocenters. The van der Waals surface area contributed by atoms with Crippen LogP contribution in [0.25, 0.3) is 0 Å². The summed E-state index contributed by atoms with van der Waals surface area (Å²) in [6.07, 6.45) is 3.77. The van der Waals surface area contributed by atoms with E-state index in [1.807, 2.05) is 0 Å². The van der Waals surface area contributed by atoms with Gasteiger partial charge in [-0.1, -0.05) is 13.8 Å². The van der Waals surface area contributed by atoms with Crippen molar-refractivity contribution in [2.75, 3.05) is 19.8 Å². The van der Waals surface area contributed by atoms with Crippen molar-refractivity contribution >= 4 is 0 Å². The molecule has 1 unspecified atom stereocenters. The Balaban J connectivity index is 2.04. The van der Waals surface area contributed by atoms with Crippen LogP contribution in [0, 0.1) is 5.92 Å². The van der Waals surface area contributed by atoms with E-state index >= 15 is 0 Å². The lowest BCUT2D eigenvalue weighted by atomic mass is 10.0. The number of ether oxygens (including phenoxy) is 1. The van der Waals surface area contributed by atoms with Crippen molar-refractivity contribution in [1.82, 2.24) is 5.32 Å². The smallest absolute Gasteiger partial charge is 0.0646 e. The highest BCUT2D eigenvalue weighted by Gasteiger charge is 2.28. The summed E-state index contributed by atoms with van der Waals surface area (Å²) in [5.41, 5.74) is 0.261. The van der Waals surface area contributed by atoms with E-state index in [0.717, 1.165) is 32.1 Å². The molecule has 1 N–H and O–H groups in total. The molecule has 0 saturated carbocycles. The highest BCUT2D eigenvalue weighted by molar-refractivity contribution is 4.86. The Morgan fingerprint density at radius 2 is 2.23 bits per heavy atom. The van der Waals surface area contributed by atoms with Crippen molar-refractivity contribution in [3.05, 3.63) is 0 Å². The van der Waals surface area contributed by atoms with Crippen LogP contribution in [-0.4, -0.2) is 25.3 Å². The minimum Gasteiger partial charge on any atom is -0.379 e. The Morgan fingerprint density at radius 1 is 1.46 bits per heavy atom. The van der Waals surface area contributed by atoms with Crippen molar-refractivity contribution in [3.63, 3.8) is 0 Å². The first-order valence-corrected chi connectivity index (χ1v) is 5.45. The Hall–Kier alpha value is -0.0800. The van der Waals surface area contributed by atoms with Gasteiger partial charge in [0.25, 0.3) is 0 Å². The molecular weight excluding hydrogens is 162 g/mol. The summed E-state index contributed by atoms with van der Waals surface area (Å²) in [5.74, 6) is 0.828. The first-order chi connectivity index (χ1) is 6.12. The molecule has 78 valence electrons. The van der Waals surface area contributed by atoms with E-state index in [2.05, 4.69) is 26.1 Å². The van der Waals surface area contributed by atoms with Crippen LogP contribution in [0.1, 0.15) is 40.0 Å². The zero-order chi connectivity index (χ0) is 9.73.